The van der Waals surface area contributed by atoms with Crippen molar-refractivity contribution in [1.82, 2.24) is 0 Å². The van der Waals surface area contributed by atoms with Crippen LogP contribution in [-0.4, -0.2) is 38.0 Å². The fraction of sp³-hybridized carbons (Fsp3) is 0.227. The van der Waals surface area contributed by atoms with Gasteiger partial charge in [0.2, 0.25) is 5.91 Å². The number of amides is 2. The molecule has 0 bridgehead atoms. The van der Waals surface area contributed by atoms with E-state index in [9.17, 15) is 14.4 Å². The van der Waals surface area contributed by atoms with Crippen molar-refractivity contribution >= 4 is 34.8 Å². The molecule has 2 amide bonds. The molecule has 0 radical (unpaired) electrons. The number of carbonyl (C=O) groups is 3. The second kappa shape index (κ2) is 9.60. The van der Waals surface area contributed by atoms with Crippen LogP contribution in [0.3, 0.4) is 0 Å². The Hall–Kier alpha value is -3.81. The summed E-state index contributed by atoms with van der Waals surface area (Å²) in [6.45, 7) is 2.11. The first-order valence-electron chi connectivity index (χ1n) is 9.48. The number of hydrogen-bond donors (Lipinski definition) is 2. The third-order valence-electron chi connectivity index (χ3n) is 4.38. The van der Waals surface area contributed by atoms with Gasteiger partial charge in [0.05, 0.1) is 37.2 Å². The van der Waals surface area contributed by atoms with Crippen LogP contribution in [-0.2, 0) is 19.1 Å². The molecule has 0 spiro atoms. The molecule has 0 aliphatic carbocycles. The molecule has 0 aromatic heterocycles. The Morgan fingerprint density at radius 3 is 2.60 bits per heavy atom. The van der Waals surface area contributed by atoms with Crippen molar-refractivity contribution in [2.24, 2.45) is 0 Å². The van der Waals surface area contributed by atoms with Gasteiger partial charge in [-0.2, -0.15) is 0 Å². The van der Waals surface area contributed by atoms with Crippen LogP contribution < -0.4 is 20.3 Å². The van der Waals surface area contributed by atoms with Crippen molar-refractivity contribution in [3.63, 3.8) is 0 Å². The minimum absolute atomic E-state index is 0.0850. The highest BCUT2D eigenvalue weighted by Crippen LogP contribution is 2.31. The van der Waals surface area contributed by atoms with E-state index in [1.54, 1.807) is 42.5 Å². The number of carbonyl (C=O) groups excluding carboxylic acids is 3. The van der Waals surface area contributed by atoms with Crippen molar-refractivity contribution in [2.75, 3.05) is 35.8 Å². The van der Waals surface area contributed by atoms with Gasteiger partial charge >= 0.3 is 5.97 Å². The highest BCUT2D eigenvalue weighted by atomic mass is 16.5. The first kappa shape index (κ1) is 20.9. The van der Waals surface area contributed by atoms with Gasteiger partial charge in [-0.3, -0.25) is 19.3 Å². The number of rotatable bonds is 7. The number of esters is 1. The van der Waals surface area contributed by atoms with Gasteiger partial charge in [0, 0.05) is 11.8 Å². The molecule has 1 heterocycles. The summed E-state index contributed by atoms with van der Waals surface area (Å²) in [7, 11) is 1.28. The van der Waals surface area contributed by atoms with Gasteiger partial charge in [-0.25, -0.2) is 0 Å². The standard InChI is InChI=1S/C22H23N3O5/c1-3-30-19-11-7-5-9-17(19)24-20(26)14-25-18-10-6-4-8-16(18)23-15(12-21(25)27)13-22(28)29-2/h4-12,23H,3,13-14H2,1-2H3,(H,24,26). The smallest absolute Gasteiger partial charge is 0.311 e. The summed E-state index contributed by atoms with van der Waals surface area (Å²) in [5.41, 5.74) is 2.07. The molecule has 0 unspecified atom stereocenters. The summed E-state index contributed by atoms with van der Waals surface area (Å²) >= 11 is 0. The van der Waals surface area contributed by atoms with Gasteiger partial charge in [0.25, 0.3) is 5.91 Å². The van der Waals surface area contributed by atoms with Gasteiger partial charge in [-0.15, -0.1) is 0 Å². The molecule has 0 atom stereocenters. The van der Waals surface area contributed by atoms with Gasteiger partial charge in [0.15, 0.2) is 0 Å². The third-order valence-corrected chi connectivity index (χ3v) is 4.38. The first-order chi connectivity index (χ1) is 14.5. The number of nitrogens with zero attached hydrogens (tertiary/aromatic N) is 1. The lowest BCUT2D eigenvalue weighted by Gasteiger charge is -2.22. The van der Waals surface area contributed by atoms with Gasteiger partial charge in [0.1, 0.15) is 12.3 Å². The number of para-hydroxylation sites is 4. The lowest BCUT2D eigenvalue weighted by Crippen LogP contribution is -2.37. The largest absolute Gasteiger partial charge is 0.492 e. The predicted molar refractivity (Wildman–Crippen MR) is 113 cm³/mol. The van der Waals surface area contributed by atoms with E-state index in [2.05, 4.69) is 15.4 Å². The van der Waals surface area contributed by atoms with Crippen LogP contribution in [0.1, 0.15) is 13.3 Å². The normalized spacial score (nSPS) is 12.8. The quantitative estimate of drug-likeness (QED) is 0.683. The highest BCUT2D eigenvalue weighted by Gasteiger charge is 2.25. The molecule has 8 heteroatoms. The van der Waals surface area contributed by atoms with E-state index in [1.807, 2.05) is 13.0 Å². The van der Waals surface area contributed by atoms with Crippen LogP contribution in [0.15, 0.2) is 60.3 Å². The molecule has 30 heavy (non-hydrogen) atoms. The van der Waals surface area contributed by atoms with Crippen LogP contribution in [0.5, 0.6) is 5.75 Å². The fourth-order valence-corrected chi connectivity index (χ4v) is 3.04. The Labute approximate surface area is 174 Å². The molecule has 1 aliphatic rings. The lowest BCUT2D eigenvalue weighted by atomic mass is 10.2. The van der Waals surface area contributed by atoms with Gasteiger partial charge in [-0.1, -0.05) is 24.3 Å². The average Bonchev–Trinajstić information content (AvgIpc) is 2.86. The van der Waals surface area contributed by atoms with E-state index in [-0.39, 0.29) is 18.9 Å². The topological polar surface area (TPSA) is 97.0 Å². The maximum Gasteiger partial charge on any atom is 0.311 e. The minimum atomic E-state index is -0.474. The number of ether oxygens (including phenoxy) is 2. The molecule has 2 aromatic rings. The summed E-state index contributed by atoms with van der Waals surface area (Å²) in [6, 6.07) is 14.2. The number of anilines is 3. The number of benzene rings is 2. The Balaban J connectivity index is 1.83. The molecule has 8 nitrogen and oxygen atoms in total. The van der Waals surface area contributed by atoms with Crippen LogP contribution >= 0.6 is 0 Å². The summed E-state index contributed by atoms with van der Waals surface area (Å²) in [5, 5.41) is 5.87. The summed E-state index contributed by atoms with van der Waals surface area (Å²) < 4.78 is 10.2. The van der Waals surface area contributed by atoms with E-state index in [4.69, 9.17) is 4.74 Å². The molecular weight excluding hydrogens is 386 g/mol. The van der Waals surface area contributed by atoms with Gasteiger partial charge in [-0.05, 0) is 31.2 Å². The Morgan fingerprint density at radius 2 is 1.83 bits per heavy atom. The number of fused-ring (bicyclic) bond motifs is 1. The maximum atomic E-state index is 12.9. The molecular formula is C22H23N3O5. The molecule has 0 saturated carbocycles. The molecule has 0 saturated heterocycles. The van der Waals surface area contributed by atoms with E-state index in [0.717, 1.165) is 0 Å². The molecule has 0 fully saturated rings. The lowest BCUT2D eigenvalue weighted by molar-refractivity contribution is -0.139. The second-order valence-corrected chi connectivity index (χ2v) is 6.47. The molecule has 156 valence electrons. The molecule has 2 N–H and O–H groups in total. The zero-order chi connectivity index (χ0) is 21.5. The SMILES string of the molecule is CCOc1ccccc1NC(=O)CN1C(=O)C=C(CC(=O)OC)Nc2ccccc21. The maximum absolute atomic E-state index is 12.9. The van der Waals surface area contributed by atoms with E-state index in [0.29, 0.717) is 35.1 Å². The summed E-state index contributed by atoms with van der Waals surface area (Å²) in [5.74, 6) is -0.717. The van der Waals surface area contributed by atoms with E-state index < -0.39 is 11.9 Å². The molecule has 2 aromatic carbocycles. The Morgan fingerprint density at radius 1 is 1.10 bits per heavy atom. The van der Waals surface area contributed by atoms with E-state index in [1.165, 1.54) is 18.1 Å². The predicted octanol–water partition coefficient (Wildman–Crippen LogP) is 2.93. The zero-order valence-corrected chi connectivity index (χ0v) is 16.8. The van der Waals surface area contributed by atoms with Crippen LogP contribution in [0.25, 0.3) is 0 Å². The highest BCUT2D eigenvalue weighted by molar-refractivity contribution is 6.10. The molecule has 3 rings (SSSR count). The Kier molecular flexibility index (Phi) is 6.69. The van der Waals surface area contributed by atoms with Crippen LogP contribution in [0.4, 0.5) is 17.1 Å². The second-order valence-electron chi connectivity index (χ2n) is 6.47. The van der Waals surface area contributed by atoms with E-state index >= 15 is 0 Å². The third kappa shape index (κ3) is 4.96. The number of methoxy groups -OCH3 is 1. The first-order valence-corrected chi connectivity index (χ1v) is 9.48. The minimum Gasteiger partial charge on any atom is -0.492 e. The average molecular weight is 409 g/mol. The zero-order valence-electron chi connectivity index (χ0n) is 16.8. The molecule has 1 aliphatic heterocycles. The number of hydrogen-bond acceptors (Lipinski definition) is 6. The van der Waals surface area contributed by atoms with Crippen molar-refractivity contribution in [1.29, 1.82) is 0 Å². The van der Waals surface area contributed by atoms with Gasteiger partial charge < -0.3 is 20.1 Å². The van der Waals surface area contributed by atoms with Crippen LogP contribution in [0.2, 0.25) is 0 Å². The Bertz CT molecular complexity index is 986. The summed E-state index contributed by atoms with van der Waals surface area (Å²) in [6.07, 6.45) is 1.22. The van der Waals surface area contributed by atoms with Crippen molar-refractivity contribution in [2.45, 2.75) is 13.3 Å². The summed E-state index contributed by atoms with van der Waals surface area (Å²) in [4.78, 5) is 38.6. The number of nitrogens with one attached hydrogen (secondary N) is 2. The van der Waals surface area contributed by atoms with Crippen LogP contribution in [0, 0.1) is 0 Å². The monoisotopic (exact) mass is 409 g/mol. The van der Waals surface area contributed by atoms with Crippen molar-refractivity contribution in [3.05, 3.63) is 60.3 Å². The van der Waals surface area contributed by atoms with Crippen molar-refractivity contribution in [3.8, 4) is 5.75 Å². The fourth-order valence-electron chi connectivity index (χ4n) is 3.04. The van der Waals surface area contributed by atoms with Crippen molar-refractivity contribution < 1.29 is 23.9 Å².